The fourth-order valence-electron chi connectivity index (χ4n) is 5.32. The Kier molecular flexibility index (Phi) is 5.54. The molecule has 0 aliphatic rings. The Morgan fingerprint density at radius 1 is 0.583 bits per heavy atom. The molecule has 0 aliphatic carbocycles. The lowest BCUT2D eigenvalue weighted by Gasteiger charge is -2.25. The van der Waals surface area contributed by atoms with Crippen molar-refractivity contribution in [3.8, 4) is 11.5 Å². The first-order valence-electron chi connectivity index (χ1n) is 12.1. The third kappa shape index (κ3) is 3.29. The standard InChI is InChI=1S/C29H36N5O2/c1-30(2)17-11-20-26-21(12-17)34(8)23-14-19(32(5)6)16-25(36-10)28(23)29(26)27-22(33(20)7)13-18(31(3)4)15-24(27)35-9/h11-16H,1-10H3/q+1. The number of rotatable bonds is 4. The van der Waals surface area contributed by atoms with Gasteiger partial charge in [0.2, 0.25) is 5.36 Å². The van der Waals surface area contributed by atoms with E-state index in [9.17, 15) is 0 Å². The zero-order valence-corrected chi connectivity index (χ0v) is 23.0. The fraction of sp³-hybridized carbons (Fsp3) is 0.345. The molecule has 0 fully saturated rings. The monoisotopic (exact) mass is 486 g/mol. The molecule has 3 aromatic carbocycles. The highest BCUT2D eigenvalue weighted by Gasteiger charge is 2.23. The molecule has 5 aromatic rings. The van der Waals surface area contributed by atoms with Gasteiger partial charge >= 0.3 is 0 Å². The van der Waals surface area contributed by atoms with E-state index in [0.29, 0.717) is 0 Å². The quantitative estimate of drug-likeness (QED) is 0.217. The van der Waals surface area contributed by atoms with Gasteiger partial charge in [-0.25, -0.2) is 4.58 Å². The average Bonchev–Trinajstić information content (AvgIpc) is 2.86. The normalized spacial score (nSPS) is 11.6. The Bertz CT molecular complexity index is 1750. The molecule has 7 nitrogen and oxygen atoms in total. The number of pyridine rings is 2. The summed E-state index contributed by atoms with van der Waals surface area (Å²) in [6.07, 6.45) is 0. The number of benzene rings is 3. The molecule has 0 saturated heterocycles. The van der Waals surface area contributed by atoms with E-state index in [4.69, 9.17) is 9.47 Å². The van der Waals surface area contributed by atoms with E-state index in [1.54, 1.807) is 14.2 Å². The summed E-state index contributed by atoms with van der Waals surface area (Å²) in [7, 11) is 20.2. The van der Waals surface area contributed by atoms with E-state index in [-0.39, 0.29) is 0 Å². The van der Waals surface area contributed by atoms with E-state index in [1.807, 2.05) is 0 Å². The van der Waals surface area contributed by atoms with Crippen LogP contribution in [0.1, 0.15) is 0 Å². The minimum Gasteiger partial charge on any atom is -0.496 e. The van der Waals surface area contributed by atoms with Crippen LogP contribution >= 0.6 is 0 Å². The van der Waals surface area contributed by atoms with Crippen molar-refractivity contribution in [1.82, 2.24) is 13.7 Å². The molecule has 0 saturated carbocycles. The van der Waals surface area contributed by atoms with Gasteiger partial charge in [0.05, 0.1) is 42.4 Å². The molecular weight excluding hydrogens is 450 g/mol. The molecule has 0 bridgehead atoms. The molecule has 2 aromatic heterocycles. The van der Waals surface area contributed by atoms with Crippen molar-refractivity contribution in [3.63, 3.8) is 0 Å². The highest BCUT2D eigenvalue weighted by atomic mass is 16.5. The topological polar surface area (TPSA) is 37.8 Å². The van der Waals surface area contributed by atoms with E-state index < -0.39 is 0 Å². The molecule has 2 heterocycles. The van der Waals surface area contributed by atoms with Gasteiger partial charge in [-0.1, -0.05) is 0 Å². The lowest BCUT2D eigenvalue weighted by Crippen LogP contribution is -2.22. The van der Waals surface area contributed by atoms with Gasteiger partial charge in [0, 0.05) is 87.3 Å². The smallest absolute Gasteiger partial charge is 0.205 e. The number of ether oxygens (including phenoxy) is 2. The summed E-state index contributed by atoms with van der Waals surface area (Å²) in [5.74, 6) is 1.70. The predicted molar refractivity (Wildman–Crippen MR) is 153 cm³/mol. The van der Waals surface area contributed by atoms with E-state index >= 15 is 0 Å². The third-order valence-corrected chi connectivity index (χ3v) is 7.40. The third-order valence-electron chi connectivity index (χ3n) is 7.40. The van der Waals surface area contributed by atoms with Gasteiger partial charge in [0.15, 0.2) is 0 Å². The molecule has 36 heavy (non-hydrogen) atoms. The van der Waals surface area contributed by atoms with Crippen molar-refractivity contribution in [2.24, 2.45) is 14.1 Å². The van der Waals surface area contributed by atoms with Crippen LogP contribution in [0.5, 0.6) is 11.5 Å². The zero-order valence-electron chi connectivity index (χ0n) is 23.0. The Balaban J connectivity index is 2.24. The van der Waals surface area contributed by atoms with E-state index in [0.717, 1.165) is 66.5 Å². The lowest BCUT2D eigenvalue weighted by molar-refractivity contribution is 0.418. The van der Waals surface area contributed by atoms with Gasteiger partial charge in [-0.2, -0.15) is 0 Å². The second-order valence-electron chi connectivity index (χ2n) is 10.1. The molecule has 188 valence electrons. The molecular formula is C29H36N5O2+. The molecule has 5 rings (SSSR count). The second-order valence-corrected chi connectivity index (χ2v) is 10.1. The Morgan fingerprint density at radius 2 is 1.00 bits per heavy atom. The fourth-order valence-corrected chi connectivity index (χ4v) is 5.32. The summed E-state index contributed by atoms with van der Waals surface area (Å²) in [4.78, 5) is 4.28. The number of hydrogen-bond acceptors (Lipinski definition) is 4. The molecule has 0 atom stereocenters. The molecule has 0 unspecified atom stereocenters. The summed E-state index contributed by atoms with van der Waals surface area (Å²) in [5, 5.41) is 5.60. The molecule has 0 spiro atoms. The van der Waals surface area contributed by atoms with Gasteiger partial charge in [-0.05, 0) is 18.2 Å². The van der Waals surface area contributed by atoms with Crippen LogP contribution in [0.2, 0.25) is 0 Å². The number of hydrogen-bond donors (Lipinski definition) is 0. The van der Waals surface area contributed by atoms with Crippen molar-refractivity contribution in [2.45, 2.75) is 0 Å². The number of fused-ring (bicyclic) bond motifs is 4. The van der Waals surface area contributed by atoms with Crippen LogP contribution < -0.4 is 29.2 Å². The molecule has 0 N–H and O–H groups in total. The highest BCUT2D eigenvalue weighted by molar-refractivity contribution is 6.30. The van der Waals surface area contributed by atoms with Crippen molar-refractivity contribution in [2.75, 3.05) is 66.3 Å². The van der Waals surface area contributed by atoms with E-state index in [1.165, 1.54) is 5.39 Å². The Labute approximate surface area is 212 Å². The number of nitrogens with zero attached hydrogens (tertiary/aromatic N) is 5. The lowest BCUT2D eigenvalue weighted by atomic mass is 9.96. The second kappa shape index (κ2) is 8.36. The van der Waals surface area contributed by atoms with Crippen LogP contribution in [0, 0.1) is 0 Å². The van der Waals surface area contributed by atoms with Gasteiger partial charge < -0.3 is 28.4 Å². The van der Waals surface area contributed by atoms with Crippen LogP contribution in [0.25, 0.3) is 43.6 Å². The van der Waals surface area contributed by atoms with Crippen molar-refractivity contribution >= 4 is 55.0 Å². The number of methoxy groups -OCH3 is 2. The largest absolute Gasteiger partial charge is 0.496 e. The SMILES string of the molecule is COc1cc(N(C)C)cc2c1c1c3c(OC)cc(=[N+](C)C)cc3n(C)c3cc(N(C)C)cc(c13)n2C. The molecule has 0 amide bonds. The van der Waals surface area contributed by atoms with Crippen molar-refractivity contribution in [3.05, 3.63) is 41.8 Å². The summed E-state index contributed by atoms with van der Waals surface area (Å²) in [5.41, 5.74) is 6.78. The van der Waals surface area contributed by atoms with Crippen LogP contribution in [0.3, 0.4) is 0 Å². The number of aryl methyl sites for hydroxylation is 2. The summed E-state index contributed by atoms with van der Waals surface area (Å²) < 4.78 is 18.8. The number of anilines is 2. The first-order chi connectivity index (χ1) is 17.1. The van der Waals surface area contributed by atoms with Gasteiger partial charge in [-0.3, -0.25) is 0 Å². The molecule has 0 radical (unpaired) electrons. The molecule has 0 aliphatic heterocycles. The van der Waals surface area contributed by atoms with E-state index in [2.05, 4.69) is 116 Å². The summed E-state index contributed by atoms with van der Waals surface area (Å²) in [6.45, 7) is 0. The first kappa shape index (κ1) is 23.9. The minimum atomic E-state index is 0.848. The van der Waals surface area contributed by atoms with Gasteiger partial charge in [0.1, 0.15) is 25.6 Å². The summed E-state index contributed by atoms with van der Waals surface area (Å²) in [6, 6.07) is 13.3. The molecule has 7 heteroatoms. The maximum atomic E-state index is 6.06. The van der Waals surface area contributed by atoms with Crippen molar-refractivity contribution in [1.29, 1.82) is 0 Å². The van der Waals surface area contributed by atoms with Gasteiger partial charge in [0.25, 0.3) is 0 Å². The Hall–Kier alpha value is -3.87. The van der Waals surface area contributed by atoms with Crippen LogP contribution in [-0.2, 0) is 14.1 Å². The highest BCUT2D eigenvalue weighted by Crippen LogP contribution is 2.46. The number of aromatic nitrogens is 2. The Morgan fingerprint density at radius 3 is 1.44 bits per heavy atom. The van der Waals surface area contributed by atoms with Crippen molar-refractivity contribution < 1.29 is 9.47 Å². The zero-order chi connectivity index (χ0) is 26.0. The average molecular weight is 487 g/mol. The van der Waals surface area contributed by atoms with Gasteiger partial charge in [-0.15, -0.1) is 0 Å². The minimum absolute atomic E-state index is 0.848. The predicted octanol–water partition coefficient (Wildman–Crippen LogP) is 4.16. The first-order valence-corrected chi connectivity index (χ1v) is 12.1. The maximum Gasteiger partial charge on any atom is 0.205 e. The van der Waals surface area contributed by atoms with Crippen LogP contribution in [-0.4, -0.2) is 65.6 Å². The maximum absolute atomic E-state index is 6.06. The van der Waals surface area contributed by atoms with Crippen LogP contribution in [0.4, 0.5) is 11.4 Å². The summed E-state index contributed by atoms with van der Waals surface area (Å²) >= 11 is 0. The van der Waals surface area contributed by atoms with Crippen LogP contribution in [0.15, 0.2) is 36.4 Å².